The van der Waals surface area contributed by atoms with Gasteiger partial charge in [0.15, 0.2) is 22.8 Å². The molecule has 2 heterocycles. The smallest absolute Gasteiger partial charge is 0.333 e. The summed E-state index contributed by atoms with van der Waals surface area (Å²) in [6, 6.07) is 8.46. The Bertz CT molecular complexity index is 1260. The normalized spacial score (nSPS) is 20.5. The van der Waals surface area contributed by atoms with Gasteiger partial charge in [0.1, 0.15) is 6.61 Å². The number of β-lactam (4-membered cyclic amide) rings is 1. The fourth-order valence-electron chi connectivity index (χ4n) is 4.13. The maximum atomic E-state index is 13.2. The summed E-state index contributed by atoms with van der Waals surface area (Å²) < 4.78 is 17.7. The number of fused-ring (bicyclic) bond motifs is 1. The van der Waals surface area contributed by atoms with Crippen molar-refractivity contribution < 1.29 is 33.4 Å². The molecule has 2 aromatic carbocycles. The molecule has 1 saturated heterocycles. The number of esters is 1. The van der Waals surface area contributed by atoms with Crippen LogP contribution in [0, 0.1) is 10.1 Å². The molecule has 0 aromatic heterocycles. The van der Waals surface area contributed by atoms with Crippen LogP contribution in [0.1, 0.15) is 33.2 Å². The number of nitrogens with zero attached hydrogens (tertiary/aromatic N) is 3. The number of carbonyl (C=O) groups is 4. The van der Waals surface area contributed by atoms with Crippen molar-refractivity contribution in [2.45, 2.75) is 31.0 Å². The number of hydrogen-bond acceptors (Lipinski definition) is 8. The number of rotatable bonds is 8. The number of benzene rings is 2. The Kier molecular flexibility index (Phi) is 6.85. The summed E-state index contributed by atoms with van der Waals surface area (Å²) >= 11 is 0. The monoisotopic (exact) mass is 531 g/mol. The van der Waals surface area contributed by atoms with Crippen LogP contribution in [0.3, 0.4) is 0 Å². The van der Waals surface area contributed by atoms with E-state index in [-0.39, 0.29) is 29.0 Å². The predicted octanol–water partition coefficient (Wildman–Crippen LogP) is 2.32. The van der Waals surface area contributed by atoms with E-state index in [4.69, 9.17) is 15.4 Å². The highest BCUT2D eigenvalue weighted by Gasteiger charge is 2.65. The molecule has 4 unspecified atom stereocenters. The van der Waals surface area contributed by atoms with Crippen LogP contribution in [0.2, 0.25) is 0 Å². The Morgan fingerprint density at radius 3 is 2.17 bits per heavy atom. The van der Waals surface area contributed by atoms with Gasteiger partial charge in [0, 0.05) is 12.1 Å². The summed E-state index contributed by atoms with van der Waals surface area (Å²) in [5.41, 5.74) is 0.692. The van der Waals surface area contributed by atoms with E-state index in [0.717, 1.165) is 4.90 Å². The zero-order chi connectivity index (χ0) is 26.3. The Balaban J connectivity index is 1.54. The molecule has 0 N–H and O–H groups in total. The zero-order valence-electron chi connectivity index (χ0n) is 18.7. The second-order valence-corrected chi connectivity index (χ2v) is 10.0. The van der Waals surface area contributed by atoms with Gasteiger partial charge in [-0.25, -0.2) is 4.79 Å². The van der Waals surface area contributed by atoms with E-state index in [1.54, 1.807) is 12.1 Å². The lowest BCUT2D eigenvalue weighted by atomic mass is 9.98. The van der Waals surface area contributed by atoms with Gasteiger partial charge in [-0.05, 0) is 42.3 Å². The van der Waals surface area contributed by atoms with E-state index in [2.05, 4.69) is 6.58 Å². The lowest BCUT2D eigenvalue weighted by Crippen LogP contribution is -2.76. The molecule has 0 aliphatic carbocycles. The molecule has 3 amide bonds. The van der Waals surface area contributed by atoms with Crippen molar-refractivity contribution in [3.8, 4) is 0 Å². The average molecular weight is 532 g/mol. The second-order valence-electron chi connectivity index (χ2n) is 8.14. The third kappa shape index (κ3) is 4.23. The van der Waals surface area contributed by atoms with E-state index >= 15 is 0 Å². The summed E-state index contributed by atoms with van der Waals surface area (Å²) in [6.07, 6.45) is 0. The first-order valence-corrected chi connectivity index (χ1v) is 12.5. The minimum absolute atomic E-state index is 0.104. The van der Waals surface area contributed by atoms with Crippen molar-refractivity contribution in [3.63, 3.8) is 0 Å². The van der Waals surface area contributed by atoms with Gasteiger partial charge < -0.3 is 9.29 Å². The molecular weight excluding hydrogens is 514 g/mol. The van der Waals surface area contributed by atoms with Gasteiger partial charge >= 0.3 is 5.97 Å². The van der Waals surface area contributed by atoms with Crippen LogP contribution in [0.4, 0.5) is 5.69 Å². The van der Waals surface area contributed by atoms with Crippen LogP contribution in [0.5, 0.6) is 0 Å². The van der Waals surface area contributed by atoms with E-state index in [1.807, 2.05) is 0 Å². The summed E-state index contributed by atoms with van der Waals surface area (Å²) in [4.78, 5) is 63.7. The number of non-ortho nitro benzene ring substituents is 1. The summed E-state index contributed by atoms with van der Waals surface area (Å²) in [5, 5.41) is 9.41. The number of amides is 3. The first-order valence-electron chi connectivity index (χ1n) is 10.5. The number of carbonyl (C=O) groups excluding carboxylic acids is 4. The largest absolute Gasteiger partial charge is 0.597 e. The van der Waals surface area contributed by atoms with Gasteiger partial charge in [0.2, 0.25) is 5.37 Å². The molecule has 2 aromatic rings. The quantitative estimate of drug-likeness (QED) is 0.0957. The van der Waals surface area contributed by atoms with Crippen LogP contribution < -0.4 is 0 Å². The molecule has 2 aliphatic rings. The predicted molar refractivity (Wildman–Crippen MR) is 127 cm³/mol. The van der Waals surface area contributed by atoms with Crippen LogP contribution in [0.25, 0.3) is 0 Å². The lowest BCUT2D eigenvalue weighted by molar-refractivity contribution is -0.384. The Labute approximate surface area is 212 Å². The fourth-order valence-corrected chi connectivity index (χ4v) is 5.53. The molecular formula is C23H18ClN3O8S. The molecule has 1 fully saturated rings. The molecule has 0 radical (unpaired) electrons. The molecule has 186 valence electrons. The second kappa shape index (κ2) is 9.72. The van der Waals surface area contributed by atoms with Crippen LogP contribution in [-0.4, -0.2) is 60.4 Å². The molecule has 0 spiro atoms. The maximum Gasteiger partial charge on any atom is 0.333 e. The number of likely N-dealkylation sites (tertiary alicyclic amines) is 1. The van der Waals surface area contributed by atoms with Gasteiger partial charge in [-0.1, -0.05) is 18.7 Å². The van der Waals surface area contributed by atoms with Crippen LogP contribution >= 0.6 is 10.7 Å². The summed E-state index contributed by atoms with van der Waals surface area (Å²) in [5.74, 6) is -3.19. The molecule has 0 bridgehead atoms. The highest BCUT2D eigenvalue weighted by molar-refractivity contribution is 8.14. The molecule has 4 rings (SSSR count). The molecule has 36 heavy (non-hydrogen) atoms. The molecule has 0 saturated carbocycles. The summed E-state index contributed by atoms with van der Waals surface area (Å²) in [7, 11) is 3.60. The number of halogens is 1. The van der Waals surface area contributed by atoms with Crippen molar-refractivity contribution in [3.05, 3.63) is 87.5 Å². The van der Waals surface area contributed by atoms with Crippen molar-refractivity contribution >= 4 is 50.5 Å². The minimum Gasteiger partial charge on any atom is -0.597 e. The number of nitro benzene ring substituents is 1. The highest BCUT2D eigenvalue weighted by atomic mass is 35.7. The Morgan fingerprint density at radius 2 is 1.69 bits per heavy atom. The van der Waals surface area contributed by atoms with Crippen molar-refractivity contribution in [1.82, 2.24) is 9.80 Å². The highest BCUT2D eigenvalue weighted by Crippen LogP contribution is 2.39. The third-order valence-corrected chi connectivity index (χ3v) is 7.25. The van der Waals surface area contributed by atoms with E-state index in [9.17, 15) is 33.8 Å². The van der Waals surface area contributed by atoms with Gasteiger partial charge in [-0.3, -0.25) is 34.3 Å². The van der Waals surface area contributed by atoms with Crippen molar-refractivity contribution in [2.75, 3.05) is 0 Å². The first kappa shape index (κ1) is 25.4. The maximum absolute atomic E-state index is 13.2. The molecule has 13 heteroatoms. The van der Waals surface area contributed by atoms with Crippen molar-refractivity contribution in [1.29, 1.82) is 0 Å². The summed E-state index contributed by atoms with van der Waals surface area (Å²) in [6.45, 7) is 4.91. The average Bonchev–Trinajstić information content (AvgIpc) is 3.08. The topological polar surface area (TPSA) is 150 Å². The van der Waals surface area contributed by atoms with Crippen LogP contribution in [-0.2, 0) is 31.3 Å². The fraction of sp³-hybridized carbons (Fsp3) is 0.217. The van der Waals surface area contributed by atoms with Gasteiger partial charge in [0.05, 0.1) is 26.4 Å². The standard InChI is InChI=1S/C23H18ClN3O8S/c1-12(2)17(23(31)35-11-13-7-9-14(10-8-13)27(32)33)26-21(30)18(22(26)36(24)34)25-19(28)15-5-3-4-6-16(15)20(25)29/h3-10,17-18,22H,1,11H2,2H3. The molecule has 11 nitrogen and oxygen atoms in total. The Hall–Kier alpha value is -3.74. The molecule has 2 aliphatic heterocycles. The van der Waals surface area contributed by atoms with Gasteiger partial charge in [0.25, 0.3) is 23.4 Å². The Morgan fingerprint density at radius 1 is 1.14 bits per heavy atom. The number of ether oxygens (including phenoxy) is 1. The van der Waals surface area contributed by atoms with E-state index in [0.29, 0.717) is 10.5 Å². The van der Waals surface area contributed by atoms with Gasteiger partial charge in [-0.15, -0.1) is 0 Å². The number of imide groups is 1. The first-order chi connectivity index (χ1) is 17.0. The van der Waals surface area contributed by atoms with E-state index < -0.39 is 56.5 Å². The SMILES string of the molecule is C=C(C)C(C(=O)OCc1ccc([N+](=O)[O-])cc1)N1C(=O)C(N2C(=O)c3ccccc3C2=O)C1[S+]([O-])Cl. The lowest BCUT2D eigenvalue weighted by Gasteiger charge is -2.49. The van der Waals surface area contributed by atoms with E-state index in [1.165, 1.54) is 43.3 Å². The zero-order valence-corrected chi connectivity index (χ0v) is 20.2. The number of hydrogen-bond donors (Lipinski definition) is 0. The minimum atomic E-state index is -2.28. The third-order valence-electron chi connectivity index (χ3n) is 5.84. The molecule has 4 atom stereocenters. The number of nitro groups is 1. The van der Waals surface area contributed by atoms with Crippen molar-refractivity contribution in [2.24, 2.45) is 0 Å². The van der Waals surface area contributed by atoms with Gasteiger partial charge in [-0.2, -0.15) is 0 Å². The van der Waals surface area contributed by atoms with Crippen LogP contribution in [0.15, 0.2) is 60.7 Å².